The van der Waals surface area contributed by atoms with Crippen molar-refractivity contribution in [2.75, 3.05) is 0 Å². The van der Waals surface area contributed by atoms with Gasteiger partial charge in [0.05, 0.1) is 18.6 Å². The molecular formula is C23H24N6O. The summed E-state index contributed by atoms with van der Waals surface area (Å²) in [6, 6.07) is 20.0. The average molecular weight is 400 g/mol. The van der Waals surface area contributed by atoms with Crippen LogP contribution in [0.25, 0.3) is 0 Å². The van der Waals surface area contributed by atoms with E-state index in [4.69, 9.17) is 0 Å². The first kappa shape index (κ1) is 19.6. The number of aryl methyl sites for hydroxylation is 2. The van der Waals surface area contributed by atoms with Crippen LogP contribution >= 0.6 is 0 Å². The van der Waals surface area contributed by atoms with E-state index in [9.17, 15) is 4.79 Å². The number of amides is 1. The van der Waals surface area contributed by atoms with Gasteiger partial charge in [0.25, 0.3) is 5.91 Å². The van der Waals surface area contributed by atoms with E-state index >= 15 is 0 Å². The van der Waals surface area contributed by atoms with Gasteiger partial charge in [-0.15, -0.1) is 5.10 Å². The number of nitrogens with one attached hydrogen (secondary N) is 1. The lowest BCUT2D eigenvalue weighted by Crippen LogP contribution is -2.31. The Balaban J connectivity index is 1.38. The molecule has 1 atom stereocenters. The Hall–Kier alpha value is -3.74. The lowest BCUT2D eigenvalue weighted by molar-refractivity contribution is 0.0927. The molecule has 7 nitrogen and oxygen atoms in total. The molecule has 0 saturated carbocycles. The smallest absolute Gasteiger partial charge is 0.274 e. The van der Waals surface area contributed by atoms with Gasteiger partial charge in [-0.05, 0) is 24.0 Å². The Kier molecular flexibility index (Phi) is 6.29. The van der Waals surface area contributed by atoms with Gasteiger partial charge in [0.1, 0.15) is 0 Å². The van der Waals surface area contributed by atoms with Crippen LogP contribution in [0.3, 0.4) is 0 Å². The molecule has 2 aromatic carbocycles. The van der Waals surface area contributed by atoms with Gasteiger partial charge >= 0.3 is 0 Å². The van der Waals surface area contributed by atoms with E-state index in [-0.39, 0.29) is 11.9 Å². The molecule has 2 aromatic heterocycles. The highest BCUT2D eigenvalue weighted by Gasteiger charge is 2.18. The minimum atomic E-state index is -0.238. The van der Waals surface area contributed by atoms with Crippen molar-refractivity contribution in [3.63, 3.8) is 0 Å². The maximum Gasteiger partial charge on any atom is 0.274 e. The van der Waals surface area contributed by atoms with Gasteiger partial charge in [-0.3, -0.25) is 9.48 Å². The minimum absolute atomic E-state index is 0.198. The molecule has 0 radical (unpaired) electrons. The number of nitrogens with zero attached hydrogens (tertiary/aromatic N) is 5. The fourth-order valence-electron chi connectivity index (χ4n) is 3.36. The number of benzene rings is 2. The summed E-state index contributed by atoms with van der Waals surface area (Å²) in [6.07, 6.45) is 8.95. The number of carbonyl (C=O) groups excluding carboxylic acids is 1. The van der Waals surface area contributed by atoms with Crippen LogP contribution in [0.1, 0.15) is 34.1 Å². The number of aromatic nitrogens is 5. The van der Waals surface area contributed by atoms with Crippen molar-refractivity contribution in [3.8, 4) is 0 Å². The standard InChI is InChI=1S/C23H24N6O/c30-23(22-17-29(27-26-22)14-7-10-19-8-3-1-4-9-19)25-21(16-28-15-13-24-18-28)20-11-5-2-6-12-20/h1-6,8-9,11-13,15,17-18,21H,7,10,14,16H2,(H,25,30). The maximum absolute atomic E-state index is 12.8. The van der Waals surface area contributed by atoms with Gasteiger partial charge in [0.15, 0.2) is 5.69 Å². The van der Waals surface area contributed by atoms with Gasteiger partial charge in [-0.2, -0.15) is 0 Å². The zero-order valence-corrected chi connectivity index (χ0v) is 16.6. The Morgan fingerprint density at radius 3 is 2.53 bits per heavy atom. The molecule has 152 valence electrons. The highest BCUT2D eigenvalue weighted by atomic mass is 16.2. The summed E-state index contributed by atoms with van der Waals surface area (Å²) in [7, 11) is 0. The molecule has 0 aliphatic rings. The zero-order chi connectivity index (χ0) is 20.6. The van der Waals surface area contributed by atoms with Gasteiger partial charge < -0.3 is 9.88 Å². The first-order valence-electron chi connectivity index (χ1n) is 10.0. The van der Waals surface area contributed by atoms with Gasteiger partial charge in [0, 0.05) is 25.5 Å². The van der Waals surface area contributed by atoms with Crippen molar-refractivity contribution in [3.05, 3.63) is 102 Å². The molecule has 30 heavy (non-hydrogen) atoms. The highest BCUT2D eigenvalue weighted by Crippen LogP contribution is 2.16. The molecular weight excluding hydrogens is 376 g/mol. The molecule has 1 amide bonds. The van der Waals surface area contributed by atoms with E-state index in [1.807, 2.05) is 59.3 Å². The van der Waals surface area contributed by atoms with Gasteiger partial charge in [0.2, 0.25) is 0 Å². The molecule has 2 heterocycles. The number of hydrogen-bond acceptors (Lipinski definition) is 4. The SMILES string of the molecule is O=C(NC(Cn1ccnc1)c1ccccc1)c1cn(CCCc2ccccc2)nn1. The third kappa shape index (κ3) is 5.20. The molecule has 0 aliphatic carbocycles. The summed E-state index contributed by atoms with van der Waals surface area (Å²) in [6.45, 7) is 1.30. The van der Waals surface area contributed by atoms with Crippen molar-refractivity contribution >= 4 is 5.91 Å². The van der Waals surface area contributed by atoms with Crippen molar-refractivity contribution < 1.29 is 4.79 Å². The third-order valence-electron chi connectivity index (χ3n) is 4.93. The van der Waals surface area contributed by atoms with Crippen molar-refractivity contribution in [2.24, 2.45) is 0 Å². The first-order chi connectivity index (χ1) is 14.8. The van der Waals surface area contributed by atoms with Crippen LogP contribution in [0.4, 0.5) is 0 Å². The van der Waals surface area contributed by atoms with E-state index in [0.717, 1.165) is 18.4 Å². The summed E-state index contributed by atoms with van der Waals surface area (Å²) in [5, 5.41) is 11.3. The van der Waals surface area contributed by atoms with Gasteiger partial charge in [-0.25, -0.2) is 4.98 Å². The Morgan fingerprint density at radius 1 is 1.03 bits per heavy atom. The Morgan fingerprint density at radius 2 is 1.80 bits per heavy atom. The molecule has 0 saturated heterocycles. The molecule has 1 unspecified atom stereocenters. The number of carbonyl (C=O) groups is 1. The summed E-state index contributed by atoms with van der Waals surface area (Å²) in [5.74, 6) is -0.238. The molecule has 0 aliphatic heterocycles. The average Bonchev–Trinajstić information content (AvgIpc) is 3.47. The van der Waals surface area contributed by atoms with Crippen molar-refractivity contribution in [2.45, 2.75) is 32.0 Å². The normalized spacial score (nSPS) is 11.9. The first-order valence-corrected chi connectivity index (χ1v) is 10.0. The second-order valence-electron chi connectivity index (χ2n) is 7.15. The van der Waals surface area contributed by atoms with Crippen LogP contribution in [0, 0.1) is 0 Å². The Labute approximate surface area is 175 Å². The van der Waals surface area contributed by atoms with Crippen LogP contribution < -0.4 is 5.32 Å². The summed E-state index contributed by atoms with van der Waals surface area (Å²) in [4.78, 5) is 16.9. The minimum Gasteiger partial charge on any atom is -0.342 e. The second kappa shape index (κ2) is 9.65. The van der Waals surface area contributed by atoms with E-state index < -0.39 is 0 Å². The summed E-state index contributed by atoms with van der Waals surface area (Å²) < 4.78 is 3.67. The highest BCUT2D eigenvalue weighted by molar-refractivity contribution is 5.92. The lowest BCUT2D eigenvalue weighted by Gasteiger charge is -2.19. The molecule has 1 N–H and O–H groups in total. The van der Waals surface area contributed by atoms with Crippen LogP contribution in [0.15, 0.2) is 85.6 Å². The Bertz CT molecular complexity index is 1040. The van der Waals surface area contributed by atoms with Crippen LogP contribution in [-0.4, -0.2) is 30.5 Å². The number of imidazole rings is 1. The maximum atomic E-state index is 12.8. The van der Waals surface area contributed by atoms with E-state index in [1.165, 1.54) is 5.56 Å². The van der Waals surface area contributed by atoms with E-state index in [2.05, 4.69) is 32.7 Å². The molecule has 4 aromatic rings. The monoisotopic (exact) mass is 400 g/mol. The van der Waals surface area contributed by atoms with Crippen molar-refractivity contribution in [1.82, 2.24) is 29.9 Å². The topological polar surface area (TPSA) is 77.6 Å². The molecule has 0 spiro atoms. The van der Waals surface area contributed by atoms with E-state index in [0.29, 0.717) is 18.8 Å². The predicted molar refractivity (Wildman–Crippen MR) is 114 cm³/mol. The second-order valence-corrected chi connectivity index (χ2v) is 7.15. The van der Waals surface area contributed by atoms with Crippen LogP contribution in [0.5, 0.6) is 0 Å². The largest absolute Gasteiger partial charge is 0.342 e. The fraction of sp³-hybridized carbons (Fsp3) is 0.217. The molecule has 4 rings (SSSR count). The number of hydrogen-bond donors (Lipinski definition) is 1. The van der Waals surface area contributed by atoms with Gasteiger partial charge in [-0.1, -0.05) is 65.9 Å². The quantitative estimate of drug-likeness (QED) is 0.468. The van der Waals surface area contributed by atoms with Crippen LogP contribution in [-0.2, 0) is 19.5 Å². The molecule has 7 heteroatoms. The van der Waals surface area contributed by atoms with Crippen molar-refractivity contribution in [1.29, 1.82) is 0 Å². The summed E-state index contributed by atoms with van der Waals surface area (Å²) in [5.41, 5.74) is 2.64. The van der Waals surface area contributed by atoms with E-state index in [1.54, 1.807) is 23.4 Å². The predicted octanol–water partition coefficient (Wildman–Crippen LogP) is 3.28. The number of rotatable bonds is 9. The molecule has 0 fully saturated rings. The lowest BCUT2D eigenvalue weighted by atomic mass is 10.1. The zero-order valence-electron chi connectivity index (χ0n) is 16.6. The van der Waals surface area contributed by atoms with Crippen LogP contribution in [0.2, 0.25) is 0 Å². The third-order valence-corrected chi connectivity index (χ3v) is 4.93. The fourth-order valence-corrected chi connectivity index (χ4v) is 3.36. The summed E-state index contributed by atoms with van der Waals surface area (Å²) >= 11 is 0. The molecule has 0 bridgehead atoms.